The molecule has 1 amide bonds. The van der Waals surface area contributed by atoms with E-state index in [1.165, 1.54) is 37.5 Å². The van der Waals surface area contributed by atoms with Crippen molar-refractivity contribution < 1.29 is 9.18 Å². The molecule has 0 aromatic heterocycles. The van der Waals surface area contributed by atoms with Crippen LogP contribution in [-0.4, -0.2) is 37.0 Å². The fourth-order valence-corrected chi connectivity index (χ4v) is 2.85. The summed E-state index contributed by atoms with van der Waals surface area (Å²) >= 11 is 5.80. The van der Waals surface area contributed by atoms with E-state index in [4.69, 9.17) is 11.6 Å². The number of hydrogen-bond acceptors (Lipinski definition) is 2. The van der Waals surface area contributed by atoms with Crippen LogP contribution in [0.15, 0.2) is 18.2 Å². The first-order valence-electron chi connectivity index (χ1n) is 7.52. The maximum absolute atomic E-state index is 13.6. The van der Waals surface area contributed by atoms with Crippen LogP contribution in [0.25, 0.3) is 0 Å². The van der Waals surface area contributed by atoms with Crippen molar-refractivity contribution in [3.63, 3.8) is 0 Å². The van der Waals surface area contributed by atoms with Gasteiger partial charge in [0.2, 0.25) is 0 Å². The standard InChI is InChI=1S/C16H22ClFN2O/c1-12(11-20-7-3-2-4-8-20)10-19-16(21)14-9-13(17)5-6-15(14)18/h5-6,9,12H,2-4,7-8,10-11H2,1H3,(H,19,21). The minimum atomic E-state index is -0.541. The molecule has 0 spiro atoms. The maximum Gasteiger partial charge on any atom is 0.254 e. The van der Waals surface area contributed by atoms with Crippen LogP contribution in [0.3, 0.4) is 0 Å². The number of hydrogen-bond donors (Lipinski definition) is 1. The van der Waals surface area contributed by atoms with E-state index in [1.54, 1.807) is 0 Å². The van der Waals surface area contributed by atoms with Crippen LogP contribution in [0.1, 0.15) is 36.5 Å². The van der Waals surface area contributed by atoms with Crippen molar-refractivity contribution in [2.24, 2.45) is 5.92 Å². The van der Waals surface area contributed by atoms with Crippen LogP contribution >= 0.6 is 11.6 Å². The predicted octanol–water partition coefficient (Wildman–Crippen LogP) is 3.33. The Balaban J connectivity index is 1.81. The van der Waals surface area contributed by atoms with Gasteiger partial charge >= 0.3 is 0 Å². The number of carbonyl (C=O) groups is 1. The van der Waals surface area contributed by atoms with E-state index >= 15 is 0 Å². The number of piperidine rings is 1. The summed E-state index contributed by atoms with van der Waals surface area (Å²) in [6.45, 7) is 5.89. The largest absolute Gasteiger partial charge is 0.352 e. The molecule has 1 saturated heterocycles. The van der Waals surface area contributed by atoms with Crippen molar-refractivity contribution in [1.29, 1.82) is 0 Å². The van der Waals surface area contributed by atoms with Gasteiger partial charge in [0.05, 0.1) is 5.56 Å². The van der Waals surface area contributed by atoms with Gasteiger partial charge in [0.25, 0.3) is 5.91 Å². The first-order chi connectivity index (χ1) is 10.1. The van der Waals surface area contributed by atoms with E-state index in [0.717, 1.165) is 19.6 Å². The minimum Gasteiger partial charge on any atom is -0.352 e. The van der Waals surface area contributed by atoms with Crippen LogP contribution in [-0.2, 0) is 0 Å². The Bertz CT molecular complexity index is 489. The van der Waals surface area contributed by atoms with Crippen molar-refractivity contribution in [3.8, 4) is 0 Å². The Kier molecular flexibility index (Phi) is 6.00. The van der Waals surface area contributed by atoms with Crippen LogP contribution in [0.5, 0.6) is 0 Å². The predicted molar refractivity (Wildman–Crippen MR) is 83.2 cm³/mol. The number of likely N-dealkylation sites (tertiary alicyclic amines) is 1. The topological polar surface area (TPSA) is 32.3 Å². The van der Waals surface area contributed by atoms with Gasteiger partial charge < -0.3 is 10.2 Å². The second kappa shape index (κ2) is 7.76. The molecule has 0 saturated carbocycles. The van der Waals surface area contributed by atoms with E-state index in [9.17, 15) is 9.18 Å². The lowest BCUT2D eigenvalue weighted by Gasteiger charge is -2.29. The molecule has 1 fully saturated rings. The van der Waals surface area contributed by atoms with Gasteiger partial charge in [-0.15, -0.1) is 0 Å². The molecule has 0 aliphatic carbocycles. The Labute approximate surface area is 130 Å². The summed E-state index contributed by atoms with van der Waals surface area (Å²) in [4.78, 5) is 14.4. The van der Waals surface area contributed by atoms with Gasteiger partial charge in [-0.05, 0) is 50.0 Å². The molecule has 3 nitrogen and oxygen atoms in total. The van der Waals surface area contributed by atoms with Crippen molar-refractivity contribution in [1.82, 2.24) is 10.2 Å². The number of carbonyl (C=O) groups excluding carboxylic acids is 1. The molecule has 116 valence electrons. The third-order valence-electron chi connectivity index (χ3n) is 3.80. The monoisotopic (exact) mass is 312 g/mol. The van der Waals surface area contributed by atoms with Gasteiger partial charge in [-0.1, -0.05) is 24.9 Å². The van der Waals surface area contributed by atoms with Crippen LogP contribution in [0, 0.1) is 11.7 Å². The number of nitrogens with one attached hydrogen (secondary N) is 1. The molecule has 5 heteroatoms. The molecule has 1 N–H and O–H groups in total. The number of benzene rings is 1. The highest BCUT2D eigenvalue weighted by molar-refractivity contribution is 6.30. The fourth-order valence-electron chi connectivity index (χ4n) is 2.68. The molecule has 1 atom stereocenters. The maximum atomic E-state index is 13.6. The highest BCUT2D eigenvalue weighted by Crippen LogP contribution is 2.15. The van der Waals surface area contributed by atoms with Gasteiger partial charge in [-0.3, -0.25) is 4.79 Å². The Morgan fingerprint density at radius 3 is 2.81 bits per heavy atom. The van der Waals surface area contributed by atoms with Gasteiger partial charge in [-0.2, -0.15) is 0 Å². The van der Waals surface area contributed by atoms with Crippen molar-refractivity contribution >= 4 is 17.5 Å². The second-order valence-electron chi connectivity index (χ2n) is 5.80. The lowest BCUT2D eigenvalue weighted by molar-refractivity contribution is 0.0938. The fraction of sp³-hybridized carbons (Fsp3) is 0.562. The molecule has 1 aliphatic rings. The van der Waals surface area contributed by atoms with E-state index in [0.29, 0.717) is 17.5 Å². The quantitative estimate of drug-likeness (QED) is 0.904. The molecule has 1 aromatic carbocycles. The van der Waals surface area contributed by atoms with E-state index < -0.39 is 11.7 Å². The zero-order chi connectivity index (χ0) is 15.2. The average molecular weight is 313 g/mol. The first kappa shape index (κ1) is 16.2. The Morgan fingerprint density at radius 2 is 2.10 bits per heavy atom. The molecule has 1 unspecified atom stereocenters. The van der Waals surface area contributed by atoms with Crippen LogP contribution in [0.2, 0.25) is 5.02 Å². The van der Waals surface area contributed by atoms with Crippen molar-refractivity contribution in [2.45, 2.75) is 26.2 Å². The van der Waals surface area contributed by atoms with Crippen LogP contribution in [0.4, 0.5) is 4.39 Å². The van der Waals surface area contributed by atoms with E-state index in [2.05, 4.69) is 17.1 Å². The number of halogens is 2. The normalized spacial score (nSPS) is 17.5. The number of rotatable bonds is 5. The molecule has 21 heavy (non-hydrogen) atoms. The second-order valence-corrected chi connectivity index (χ2v) is 6.24. The third kappa shape index (κ3) is 4.97. The molecule has 1 aliphatic heterocycles. The van der Waals surface area contributed by atoms with E-state index in [1.807, 2.05) is 0 Å². The lowest BCUT2D eigenvalue weighted by Crippen LogP contribution is -2.38. The zero-order valence-corrected chi connectivity index (χ0v) is 13.1. The summed E-state index contributed by atoms with van der Waals surface area (Å²) in [5.41, 5.74) is 0.00710. The highest BCUT2D eigenvalue weighted by atomic mass is 35.5. The van der Waals surface area contributed by atoms with Crippen LogP contribution < -0.4 is 5.32 Å². The van der Waals surface area contributed by atoms with Gasteiger partial charge in [0, 0.05) is 18.1 Å². The van der Waals surface area contributed by atoms with Gasteiger partial charge in [-0.25, -0.2) is 4.39 Å². The summed E-state index contributed by atoms with van der Waals surface area (Å²) in [5, 5.41) is 3.16. The first-order valence-corrected chi connectivity index (χ1v) is 7.89. The summed E-state index contributed by atoms with van der Waals surface area (Å²) in [6, 6.07) is 4.02. The Morgan fingerprint density at radius 1 is 1.38 bits per heavy atom. The molecule has 0 bridgehead atoms. The molecule has 0 radical (unpaired) electrons. The van der Waals surface area contributed by atoms with E-state index in [-0.39, 0.29) is 5.56 Å². The molecule has 1 aromatic rings. The summed E-state index contributed by atoms with van der Waals surface area (Å²) < 4.78 is 13.6. The smallest absolute Gasteiger partial charge is 0.254 e. The van der Waals surface area contributed by atoms with Gasteiger partial charge in [0.15, 0.2) is 0 Å². The molecule has 1 heterocycles. The zero-order valence-electron chi connectivity index (χ0n) is 12.4. The summed E-state index contributed by atoms with van der Waals surface area (Å²) in [5.74, 6) is -0.602. The number of amides is 1. The average Bonchev–Trinajstić information content (AvgIpc) is 2.48. The highest BCUT2D eigenvalue weighted by Gasteiger charge is 2.16. The lowest BCUT2D eigenvalue weighted by atomic mass is 10.1. The van der Waals surface area contributed by atoms with Crippen molar-refractivity contribution in [3.05, 3.63) is 34.6 Å². The molecular formula is C16H22ClFN2O. The summed E-state index contributed by atoms with van der Waals surface area (Å²) in [6.07, 6.45) is 3.83. The third-order valence-corrected chi connectivity index (χ3v) is 4.04. The number of nitrogens with zero attached hydrogens (tertiary/aromatic N) is 1. The minimum absolute atomic E-state index is 0.00710. The molecular weight excluding hydrogens is 291 g/mol. The SMILES string of the molecule is CC(CNC(=O)c1cc(Cl)ccc1F)CN1CCCCC1. The van der Waals surface area contributed by atoms with Gasteiger partial charge in [0.1, 0.15) is 5.82 Å². The van der Waals surface area contributed by atoms with Crippen molar-refractivity contribution in [2.75, 3.05) is 26.2 Å². The summed E-state index contributed by atoms with van der Waals surface area (Å²) in [7, 11) is 0. The molecule has 2 rings (SSSR count). The Hall–Kier alpha value is -1.13.